The minimum absolute atomic E-state index is 0.301. The summed E-state index contributed by atoms with van der Waals surface area (Å²) in [7, 11) is 0. The number of ether oxygens (including phenoxy) is 1. The molecule has 0 aliphatic carbocycles. The molecule has 8 heteroatoms. The number of rotatable bonds is 4. The van der Waals surface area contributed by atoms with E-state index in [9.17, 15) is 18.3 Å². The summed E-state index contributed by atoms with van der Waals surface area (Å²) < 4.78 is 41.8. The van der Waals surface area contributed by atoms with Gasteiger partial charge in [0.2, 0.25) is 0 Å². The fraction of sp³-hybridized carbons (Fsp3) is 0.176. The molecule has 5 nitrogen and oxygen atoms in total. The first kappa shape index (κ1) is 17.0. The number of aromatic nitrogens is 3. The average Bonchev–Trinajstić information content (AvgIpc) is 3.04. The Morgan fingerprint density at radius 3 is 2.24 bits per heavy atom. The molecule has 1 N–H and O–H groups in total. The second kappa shape index (κ2) is 6.56. The van der Waals surface area contributed by atoms with Crippen molar-refractivity contribution in [1.29, 1.82) is 0 Å². The Kier molecular flexibility index (Phi) is 4.45. The van der Waals surface area contributed by atoms with Crippen LogP contribution >= 0.6 is 0 Å². The quantitative estimate of drug-likeness (QED) is 0.776. The van der Waals surface area contributed by atoms with Gasteiger partial charge in [0.25, 0.3) is 0 Å². The topological polar surface area (TPSA) is 60.2 Å². The highest BCUT2D eigenvalue weighted by Crippen LogP contribution is 2.24. The molecule has 1 heterocycles. The van der Waals surface area contributed by atoms with Crippen molar-refractivity contribution in [3.8, 4) is 22.8 Å². The third-order valence-electron chi connectivity index (χ3n) is 3.48. The third-order valence-corrected chi connectivity index (χ3v) is 3.48. The van der Waals surface area contributed by atoms with Crippen LogP contribution in [0.4, 0.5) is 13.2 Å². The summed E-state index contributed by atoms with van der Waals surface area (Å²) in [6, 6.07) is 12.5. The molecule has 25 heavy (non-hydrogen) atoms. The van der Waals surface area contributed by atoms with Crippen LogP contribution in [0.1, 0.15) is 18.6 Å². The lowest BCUT2D eigenvalue weighted by Gasteiger charge is -2.09. The maximum Gasteiger partial charge on any atom is 0.573 e. The fourth-order valence-electron chi connectivity index (χ4n) is 2.23. The van der Waals surface area contributed by atoms with E-state index in [0.29, 0.717) is 11.5 Å². The molecule has 0 radical (unpaired) electrons. The molecule has 1 unspecified atom stereocenters. The summed E-state index contributed by atoms with van der Waals surface area (Å²) in [4.78, 5) is 4.20. The molecule has 2 aromatic carbocycles. The van der Waals surface area contributed by atoms with Crippen LogP contribution in [0.15, 0.2) is 54.9 Å². The van der Waals surface area contributed by atoms with E-state index < -0.39 is 12.5 Å². The second-order valence-corrected chi connectivity index (χ2v) is 5.35. The van der Waals surface area contributed by atoms with Gasteiger partial charge in [0, 0.05) is 5.56 Å². The molecule has 0 fully saturated rings. The van der Waals surface area contributed by atoms with Crippen molar-refractivity contribution in [2.45, 2.75) is 19.4 Å². The highest BCUT2D eigenvalue weighted by Gasteiger charge is 2.30. The molecule has 0 bridgehead atoms. The molecule has 0 saturated heterocycles. The Labute approximate surface area is 141 Å². The molecule has 130 valence electrons. The molecule has 0 aliphatic rings. The summed E-state index contributed by atoms with van der Waals surface area (Å²) >= 11 is 0. The van der Waals surface area contributed by atoms with Gasteiger partial charge in [-0.15, -0.1) is 18.3 Å². The SMILES string of the molecule is CC(O)c1ccc(-c2ncn(-c3ccc(OC(F)(F)F)cc3)n2)cc1. The first-order chi connectivity index (χ1) is 11.8. The van der Waals surface area contributed by atoms with Gasteiger partial charge >= 0.3 is 6.36 Å². The van der Waals surface area contributed by atoms with Crippen molar-refractivity contribution in [3.63, 3.8) is 0 Å². The minimum Gasteiger partial charge on any atom is -0.406 e. The number of alkyl halides is 3. The Hall–Kier alpha value is -2.87. The Morgan fingerprint density at radius 1 is 1.04 bits per heavy atom. The van der Waals surface area contributed by atoms with Crippen molar-refractivity contribution in [1.82, 2.24) is 14.8 Å². The van der Waals surface area contributed by atoms with Crippen molar-refractivity contribution >= 4 is 0 Å². The third kappa shape index (κ3) is 4.16. The number of hydrogen-bond acceptors (Lipinski definition) is 4. The summed E-state index contributed by atoms with van der Waals surface area (Å²) in [6.07, 6.45) is -3.81. The van der Waals surface area contributed by atoms with E-state index in [4.69, 9.17) is 0 Å². The number of halogens is 3. The molecular weight excluding hydrogens is 335 g/mol. The largest absolute Gasteiger partial charge is 0.573 e. The van der Waals surface area contributed by atoms with Crippen LogP contribution in [-0.2, 0) is 0 Å². The second-order valence-electron chi connectivity index (χ2n) is 5.35. The minimum atomic E-state index is -4.72. The summed E-state index contributed by atoms with van der Waals surface area (Å²) in [5.74, 6) is 0.165. The van der Waals surface area contributed by atoms with Crippen LogP contribution in [0.5, 0.6) is 5.75 Å². The monoisotopic (exact) mass is 349 g/mol. The van der Waals surface area contributed by atoms with E-state index in [1.165, 1.54) is 35.3 Å². The van der Waals surface area contributed by atoms with Gasteiger partial charge in [-0.1, -0.05) is 24.3 Å². The highest BCUT2D eigenvalue weighted by molar-refractivity contribution is 5.55. The van der Waals surface area contributed by atoms with Gasteiger partial charge in [-0.25, -0.2) is 9.67 Å². The normalized spacial score (nSPS) is 12.8. The fourth-order valence-corrected chi connectivity index (χ4v) is 2.23. The molecule has 0 spiro atoms. The van der Waals surface area contributed by atoms with Gasteiger partial charge in [0.15, 0.2) is 5.82 Å². The lowest BCUT2D eigenvalue weighted by Crippen LogP contribution is -2.17. The number of aliphatic hydroxyl groups is 1. The van der Waals surface area contributed by atoms with Crippen LogP contribution in [0, 0.1) is 0 Å². The van der Waals surface area contributed by atoms with Gasteiger partial charge in [-0.05, 0) is 36.8 Å². The molecule has 1 aromatic heterocycles. The smallest absolute Gasteiger partial charge is 0.406 e. The lowest BCUT2D eigenvalue weighted by molar-refractivity contribution is -0.274. The first-order valence-corrected chi connectivity index (χ1v) is 7.38. The van der Waals surface area contributed by atoms with E-state index >= 15 is 0 Å². The first-order valence-electron chi connectivity index (χ1n) is 7.38. The molecule has 0 aliphatic heterocycles. The van der Waals surface area contributed by atoms with Crippen LogP contribution < -0.4 is 4.74 Å². The lowest BCUT2D eigenvalue weighted by atomic mass is 10.1. The van der Waals surface area contributed by atoms with E-state index in [2.05, 4.69) is 14.8 Å². The molecule has 3 aromatic rings. The van der Waals surface area contributed by atoms with Crippen molar-refractivity contribution < 1.29 is 23.0 Å². The molecular formula is C17H14F3N3O2. The zero-order valence-electron chi connectivity index (χ0n) is 13.1. The number of aliphatic hydroxyl groups excluding tert-OH is 1. The Bertz CT molecular complexity index is 841. The summed E-state index contributed by atoms with van der Waals surface area (Å²) in [5, 5.41) is 13.8. The number of hydrogen-bond donors (Lipinski definition) is 1. The van der Waals surface area contributed by atoms with Gasteiger partial charge in [0.05, 0.1) is 11.8 Å². The number of nitrogens with zero attached hydrogens (tertiary/aromatic N) is 3. The van der Waals surface area contributed by atoms with Crippen molar-refractivity contribution in [3.05, 3.63) is 60.4 Å². The summed E-state index contributed by atoms with van der Waals surface area (Å²) in [6.45, 7) is 1.67. The van der Waals surface area contributed by atoms with E-state index in [1.54, 1.807) is 31.2 Å². The maximum absolute atomic E-state index is 12.2. The number of benzene rings is 2. The van der Waals surface area contributed by atoms with Crippen LogP contribution in [0.25, 0.3) is 17.1 Å². The van der Waals surface area contributed by atoms with Crippen molar-refractivity contribution in [2.75, 3.05) is 0 Å². The van der Waals surface area contributed by atoms with Gasteiger partial charge in [-0.3, -0.25) is 0 Å². The van der Waals surface area contributed by atoms with Crippen LogP contribution in [0.3, 0.4) is 0 Å². The predicted octanol–water partition coefficient (Wildman–Crippen LogP) is 3.89. The van der Waals surface area contributed by atoms with Gasteiger partial charge in [-0.2, -0.15) is 0 Å². The van der Waals surface area contributed by atoms with Crippen LogP contribution in [0.2, 0.25) is 0 Å². The van der Waals surface area contributed by atoms with E-state index in [0.717, 1.165) is 11.1 Å². The van der Waals surface area contributed by atoms with E-state index in [1.807, 2.05) is 0 Å². The predicted molar refractivity (Wildman–Crippen MR) is 84.1 cm³/mol. The molecule has 3 rings (SSSR count). The van der Waals surface area contributed by atoms with Crippen LogP contribution in [-0.4, -0.2) is 26.2 Å². The van der Waals surface area contributed by atoms with Crippen molar-refractivity contribution in [2.24, 2.45) is 0 Å². The van der Waals surface area contributed by atoms with Gasteiger partial charge in [0.1, 0.15) is 12.1 Å². The molecule has 0 saturated carbocycles. The molecule has 1 atom stereocenters. The zero-order chi connectivity index (χ0) is 18.0. The van der Waals surface area contributed by atoms with Gasteiger partial charge < -0.3 is 9.84 Å². The standard InChI is InChI=1S/C17H14F3N3O2/c1-11(24)12-2-4-13(5-3-12)16-21-10-23(22-16)14-6-8-15(9-7-14)25-17(18,19)20/h2-11,24H,1H3. The van der Waals surface area contributed by atoms with E-state index in [-0.39, 0.29) is 5.75 Å². The zero-order valence-corrected chi connectivity index (χ0v) is 13.1. The Balaban J connectivity index is 1.79. The highest BCUT2D eigenvalue weighted by atomic mass is 19.4. The molecule has 0 amide bonds. The summed E-state index contributed by atoms with van der Waals surface area (Å²) in [5.41, 5.74) is 2.09. The maximum atomic E-state index is 12.2. The average molecular weight is 349 g/mol. The Morgan fingerprint density at radius 2 is 1.68 bits per heavy atom.